The van der Waals surface area contributed by atoms with Gasteiger partial charge in [0.25, 0.3) is 0 Å². The lowest BCUT2D eigenvalue weighted by Crippen LogP contribution is -2.00. The summed E-state index contributed by atoms with van der Waals surface area (Å²) in [6.45, 7) is 0.716. The van der Waals surface area contributed by atoms with Crippen molar-refractivity contribution in [3.63, 3.8) is 0 Å². The summed E-state index contributed by atoms with van der Waals surface area (Å²) in [7, 11) is 0. The molecule has 0 aliphatic rings. The molecule has 0 aliphatic heterocycles. The van der Waals surface area contributed by atoms with Gasteiger partial charge in [0.2, 0.25) is 0 Å². The first-order valence-corrected chi connectivity index (χ1v) is 6.45. The zero-order chi connectivity index (χ0) is 11.4. The fraction of sp³-hybridized carbons (Fsp3) is 0.182. The van der Waals surface area contributed by atoms with Gasteiger partial charge in [-0.2, -0.15) is 5.10 Å². The highest BCUT2D eigenvalue weighted by molar-refractivity contribution is 7.98. The fourth-order valence-electron chi connectivity index (χ4n) is 1.39. The molecule has 2 rings (SSSR count). The van der Waals surface area contributed by atoms with Crippen molar-refractivity contribution in [1.29, 1.82) is 0 Å². The molecule has 1 heterocycles. The van der Waals surface area contributed by atoms with E-state index in [4.69, 9.17) is 11.6 Å². The molecule has 84 valence electrons. The third-order valence-electron chi connectivity index (χ3n) is 2.19. The van der Waals surface area contributed by atoms with Crippen LogP contribution in [0.15, 0.2) is 35.4 Å². The van der Waals surface area contributed by atoms with Gasteiger partial charge in [0, 0.05) is 21.8 Å². The summed E-state index contributed by atoms with van der Waals surface area (Å²) >= 11 is 7.66. The Labute approximate surface area is 104 Å². The topological polar surface area (TPSA) is 40.7 Å². The van der Waals surface area contributed by atoms with E-state index in [1.165, 1.54) is 4.90 Å². The largest absolute Gasteiger partial charge is 0.378 e. The SMILES string of the molecule is CSc1ccc(Cl)cc1NCc1ccn[nH]1. The van der Waals surface area contributed by atoms with Crippen LogP contribution in [0.2, 0.25) is 5.02 Å². The van der Waals surface area contributed by atoms with Crippen LogP contribution in [0.1, 0.15) is 5.69 Å². The number of nitrogens with one attached hydrogen (secondary N) is 2. The third kappa shape index (κ3) is 2.71. The number of benzene rings is 1. The molecule has 1 aromatic heterocycles. The average Bonchev–Trinajstić information content (AvgIpc) is 2.79. The van der Waals surface area contributed by atoms with Crippen LogP contribution in [-0.4, -0.2) is 16.5 Å². The lowest BCUT2D eigenvalue weighted by Gasteiger charge is -2.09. The number of thioether (sulfide) groups is 1. The number of aromatic nitrogens is 2. The van der Waals surface area contributed by atoms with Crippen molar-refractivity contribution in [3.8, 4) is 0 Å². The Bertz CT molecular complexity index is 456. The molecule has 0 bridgehead atoms. The van der Waals surface area contributed by atoms with Crippen molar-refractivity contribution < 1.29 is 0 Å². The second kappa shape index (κ2) is 5.27. The molecule has 16 heavy (non-hydrogen) atoms. The highest BCUT2D eigenvalue weighted by atomic mass is 35.5. The fourth-order valence-corrected chi connectivity index (χ4v) is 2.12. The summed E-state index contributed by atoms with van der Waals surface area (Å²) in [5.41, 5.74) is 2.10. The number of H-pyrrole nitrogens is 1. The first-order chi connectivity index (χ1) is 7.79. The second-order valence-corrected chi connectivity index (χ2v) is 4.56. The van der Waals surface area contributed by atoms with Crippen LogP contribution in [0.4, 0.5) is 5.69 Å². The minimum atomic E-state index is 0.716. The quantitative estimate of drug-likeness (QED) is 0.821. The number of halogens is 1. The lowest BCUT2D eigenvalue weighted by atomic mass is 10.3. The maximum atomic E-state index is 5.97. The predicted octanol–water partition coefficient (Wildman–Crippen LogP) is 3.40. The number of hydrogen-bond donors (Lipinski definition) is 2. The van der Waals surface area contributed by atoms with E-state index in [9.17, 15) is 0 Å². The number of anilines is 1. The smallest absolute Gasteiger partial charge is 0.0568 e. The van der Waals surface area contributed by atoms with Gasteiger partial charge in [0.1, 0.15) is 0 Å². The van der Waals surface area contributed by atoms with Crippen LogP contribution >= 0.6 is 23.4 Å². The molecule has 2 N–H and O–H groups in total. The molecule has 0 fully saturated rings. The van der Waals surface area contributed by atoms with Crippen LogP contribution < -0.4 is 5.32 Å². The molecule has 0 spiro atoms. The molecule has 0 atom stereocenters. The Morgan fingerprint density at radius 1 is 1.44 bits per heavy atom. The Morgan fingerprint density at radius 3 is 3.00 bits per heavy atom. The van der Waals surface area contributed by atoms with Gasteiger partial charge >= 0.3 is 0 Å². The maximum Gasteiger partial charge on any atom is 0.0568 e. The molecule has 0 saturated heterocycles. The van der Waals surface area contributed by atoms with Gasteiger partial charge in [-0.25, -0.2) is 0 Å². The molecule has 2 aromatic rings. The van der Waals surface area contributed by atoms with Crippen molar-refractivity contribution >= 4 is 29.1 Å². The monoisotopic (exact) mass is 253 g/mol. The Hall–Kier alpha value is -1.13. The van der Waals surface area contributed by atoms with Crippen molar-refractivity contribution in [2.75, 3.05) is 11.6 Å². The lowest BCUT2D eigenvalue weighted by molar-refractivity contribution is 0.978. The first-order valence-electron chi connectivity index (χ1n) is 4.85. The van der Waals surface area contributed by atoms with Crippen LogP contribution in [0.3, 0.4) is 0 Å². The van der Waals surface area contributed by atoms with E-state index in [2.05, 4.69) is 15.5 Å². The van der Waals surface area contributed by atoms with E-state index in [1.807, 2.05) is 30.5 Å². The number of aromatic amines is 1. The van der Waals surface area contributed by atoms with Gasteiger partial charge in [-0.1, -0.05) is 11.6 Å². The minimum absolute atomic E-state index is 0.716. The van der Waals surface area contributed by atoms with Gasteiger partial charge in [-0.05, 0) is 30.5 Å². The van der Waals surface area contributed by atoms with E-state index in [-0.39, 0.29) is 0 Å². The van der Waals surface area contributed by atoms with E-state index >= 15 is 0 Å². The highest BCUT2D eigenvalue weighted by Gasteiger charge is 2.02. The number of nitrogens with zero attached hydrogens (tertiary/aromatic N) is 1. The van der Waals surface area contributed by atoms with Crippen molar-refractivity contribution in [2.24, 2.45) is 0 Å². The molecule has 0 radical (unpaired) electrons. The number of rotatable bonds is 4. The highest BCUT2D eigenvalue weighted by Crippen LogP contribution is 2.28. The van der Waals surface area contributed by atoms with E-state index in [1.54, 1.807) is 18.0 Å². The third-order valence-corrected chi connectivity index (χ3v) is 3.22. The summed E-state index contributed by atoms with van der Waals surface area (Å²) in [5, 5.41) is 10.9. The normalized spacial score (nSPS) is 10.4. The Kier molecular flexibility index (Phi) is 3.74. The van der Waals surface area contributed by atoms with Crippen molar-refractivity contribution in [2.45, 2.75) is 11.4 Å². The number of hydrogen-bond acceptors (Lipinski definition) is 3. The maximum absolute atomic E-state index is 5.97. The average molecular weight is 254 g/mol. The molecular formula is C11H12ClN3S. The van der Waals surface area contributed by atoms with Crippen LogP contribution in [0.5, 0.6) is 0 Å². The van der Waals surface area contributed by atoms with Crippen LogP contribution in [0, 0.1) is 0 Å². The van der Waals surface area contributed by atoms with E-state index < -0.39 is 0 Å². The summed E-state index contributed by atoms with van der Waals surface area (Å²) in [4.78, 5) is 1.18. The summed E-state index contributed by atoms with van der Waals surface area (Å²) < 4.78 is 0. The molecule has 0 saturated carbocycles. The molecule has 0 unspecified atom stereocenters. The predicted molar refractivity (Wildman–Crippen MR) is 69.1 cm³/mol. The second-order valence-electron chi connectivity index (χ2n) is 3.28. The van der Waals surface area contributed by atoms with Crippen molar-refractivity contribution in [1.82, 2.24) is 10.2 Å². The summed E-state index contributed by atoms with van der Waals surface area (Å²) in [6.07, 6.45) is 3.79. The van der Waals surface area contributed by atoms with Gasteiger partial charge in [-0.15, -0.1) is 11.8 Å². The van der Waals surface area contributed by atoms with E-state index in [0.29, 0.717) is 6.54 Å². The molecular weight excluding hydrogens is 242 g/mol. The molecule has 0 aliphatic carbocycles. The van der Waals surface area contributed by atoms with Gasteiger partial charge in [0.15, 0.2) is 0 Å². The van der Waals surface area contributed by atoms with Gasteiger partial charge in [-0.3, -0.25) is 5.10 Å². The molecule has 3 nitrogen and oxygen atoms in total. The minimum Gasteiger partial charge on any atom is -0.378 e. The standard InChI is InChI=1S/C11H12ClN3S/c1-16-11-3-2-8(12)6-10(11)13-7-9-4-5-14-15-9/h2-6,13H,7H2,1H3,(H,14,15). The van der Waals surface area contributed by atoms with Gasteiger partial charge in [0.05, 0.1) is 12.2 Å². The molecule has 5 heteroatoms. The van der Waals surface area contributed by atoms with Crippen LogP contribution in [-0.2, 0) is 6.54 Å². The molecule has 1 aromatic carbocycles. The first kappa shape index (κ1) is 11.4. The van der Waals surface area contributed by atoms with Crippen molar-refractivity contribution in [3.05, 3.63) is 41.2 Å². The summed E-state index contributed by atoms with van der Waals surface area (Å²) in [6, 6.07) is 7.79. The zero-order valence-corrected chi connectivity index (χ0v) is 10.4. The summed E-state index contributed by atoms with van der Waals surface area (Å²) in [5.74, 6) is 0. The van der Waals surface area contributed by atoms with E-state index in [0.717, 1.165) is 16.4 Å². The zero-order valence-electron chi connectivity index (χ0n) is 8.83. The Morgan fingerprint density at radius 2 is 2.31 bits per heavy atom. The van der Waals surface area contributed by atoms with Gasteiger partial charge < -0.3 is 5.32 Å². The van der Waals surface area contributed by atoms with Crippen LogP contribution in [0.25, 0.3) is 0 Å². The Balaban J connectivity index is 2.11. The molecule has 0 amide bonds.